The number of hydrogen-bond acceptors (Lipinski definition) is 6. The van der Waals surface area contributed by atoms with E-state index >= 15 is 0 Å². The number of carbonyl (C=O) groups excluding carboxylic acids is 1. The van der Waals surface area contributed by atoms with Crippen LogP contribution in [0.15, 0.2) is 36.5 Å². The van der Waals surface area contributed by atoms with Crippen molar-refractivity contribution in [2.24, 2.45) is 0 Å². The number of hydrogen-bond donors (Lipinski definition) is 1. The van der Waals surface area contributed by atoms with Gasteiger partial charge in [0.05, 0.1) is 24.2 Å². The van der Waals surface area contributed by atoms with E-state index < -0.39 is 17.3 Å². The maximum atomic E-state index is 14.2. The van der Waals surface area contributed by atoms with Gasteiger partial charge in [-0.25, -0.2) is 28.4 Å². The Morgan fingerprint density at radius 1 is 1.25 bits per heavy atom. The molecule has 4 aromatic rings. The summed E-state index contributed by atoms with van der Waals surface area (Å²) in [6.45, 7) is 4.02. The van der Waals surface area contributed by atoms with Gasteiger partial charge in [-0.05, 0) is 34.7 Å². The molecule has 0 amide bonds. The molecule has 0 saturated carbocycles. The molecular weight excluding hydrogens is 529 g/mol. The van der Waals surface area contributed by atoms with Crippen LogP contribution in [-0.4, -0.2) is 37.1 Å². The van der Waals surface area contributed by atoms with Crippen LogP contribution in [-0.2, 0) is 16.8 Å². The van der Waals surface area contributed by atoms with Crippen molar-refractivity contribution in [3.05, 3.63) is 63.0 Å². The molecule has 162 valence electrons. The number of aromatic nitrogens is 5. The van der Waals surface area contributed by atoms with E-state index in [0.29, 0.717) is 31.8 Å². The number of aldehydes is 1. The number of halogens is 3. The molecule has 1 aliphatic rings. The molecular formula is C22H17F2IN6O. The minimum absolute atomic E-state index is 0.113. The molecule has 3 aromatic heterocycles. The van der Waals surface area contributed by atoms with Crippen LogP contribution in [0.2, 0.25) is 0 Å². The lowest BCUT2D eigenvalue weighted by Gasteiger charge is -2.22. The number of pyridine rings is 1. The van der Waals surface area contributed by atoms with Gasteiger partial charge in [-0.15, -0.1) is 0 Å². The van der Waals surface area contributed by atoms with E-state index in [1.165, 1.54) is 16.8 Å². The SMILES string of the molecule is CC1(C)c2c(I)nc(-c3nn(Cc4ccccc4F)c4ncc(F)cc34)nc2NC1C=O. The zero-order chi connectivity index (χ0) is 22.6. The summed E-state index contributed by atoms with van der Waals surface area (Å²) in [7, 11) is 0. The normalized spacial score (nSPS) is 16.7. The zero-order valence-electron chi connectivity index (χ0n) is 17.1. The Labute approximate surface area is 195 Å². The van der Waals surface area contributed by atoms with Crippen molar-refractivity contribution >= 4 is 45.7 Å². The number of fused-ring (bicyclic) bond motifs is 2. The van der Waals surface area contributed by atoms with E-state index in [4.69, 9.17) is 0 Å². The van der Waals surface area contributed by atoms with Crippen LogP contribution in [0.3, 0.4) is 0 Å². The molecule has 4 heterocycles. The van der Waals surface area contributed by atoms with Gasteiger partial charge in [-0.1, -0.05) is 32.0 Å². The first-order chi connectivity index (χ1) is 15.3. The summed E-state index contributed by atoms with van der Waals surface area (Å²) in [5, 5.41) is 8.13. The minimum atomic E-state index is -0.527. The molecule has 0 fully saturated rings. The quantitative estimate of drug-likeness (QED) is 0.236. The first kappa shape index (κ1) is 20.9. The number of carbonyl (C=O) groups is 1. The molecule has 0 aliphatic carbocycles. The first-order valence-corrected chi connectivity index (χ1v) is 10.9. The highest BCUT2D eigenvalue weighted by Gasteiger charge is 2.43. The average Bonchev–Trinajstić information content (AvgIpc) is 3.23. The van der Waals surface area contributed by atoms with Crippen LogP contribution in [0.5, 0.6) is 0 Å². The number of rotatable bonds is 4. The highest BCUT2D eigenvalue weighted by molar-refractivity contribution is 14.1. The molecule has 5 rings (SSSR count). The maximum Gasteiger partial charge on any atom is 0.183 e. The van der Waals surface area contributed by atoms with E-state index in [1.54, 1.807) is 18.2 Å². The van der Waals surface area contributed by atoms with Gasteiger partial charge >= 0.3 is 0 Å². The molecule has 0 saturated heterocycles. The summed E-state index contributed by atoms with van der Waals surface area (Å²) in [5.41, 5.74) is 1.52. The van der Waals surface area contributed by atoms with Crippen molar-refractivity contribution in [1.82, 2.24) is 24.7 Å². The van der Waals surface area contributed by atoms with Crippen LogP contribution in [0.4, 0.5) is 14.6 Å². The Morgan fingerprint density at radius 3 is 2.78 bits per heavy atom. The topological polar surface area (TPSA) is 85.6 Å². The fourth-order valence-corrected chi connectivity index (χ4v) is 5.18. The van der Waals surface area contributed by atoms with Crippen LogP contribution >= 0.6 is 22.6 Å². The lowest BCUT2D eigenvalue weighted by Crippen LogP contribution is -2.34. The van der Waals surface area contributed by atoms with Crippen molar-refractivity contribution in [3.63, 3.8) is 0 Å². The lowest BCUT2D eigenvalue weighted by atomic mass is 9.82. The van der Waals surface area contributed by atoms with Gasteiger partial charge in [0.25, 0.3) is 0 Å². The predicted octanol–water partition coefficient (Wildman–Crippen LogP) is 4.09. The monoisotopic (exact) mass is 546 g/mol. The number of anilines is 1. The first-order valence-electron chi connectivity index (χ1n) is 9.85. The molecule has 1 N–H and O–H groups in total. The molecule has 1 aliphatic heterocycles. The second-order valence-corrected chi connectivity index (χ2v) is 9.19. The predicted molar refractivity (Wildman–Crippen MR) is 123 cm³/mol. The minimum Gasteiger partial charge on any atom is -0.359 e. The van der Waals surface area contributed by atoms with Crippen LogP contribution < -0.4 is 5.32 Å². The summed E-state index contributed by atoms with van der Waals surface area (Å²) in [4.78, 5) is 25.0. The van der Waals surface area contributed by atoms with Gasteiger partial charge < -0.3 is 10.1 Å². The van der Waals surface area contributed by atoms with E-state index in [-0.39, 0.29) is 18.2 Å². The fourth-order valence-electron chi connectivity index (χ4n) is 4.00. The van der Waals surface area contributed by atoms with Gasteiger partial charge in [-0.2, -0.15) is 5.10 Å². The number of benzene rings is 1. The summed E-state index contributed by atoms with van der Waals surface area (Å²) in [6, 6.07) is 7.26. The van der Waals surface area contributed by atoms with Gasteiger partial charge in [0, 0.05) is 16.5 Å². The molecule has 1 aromatic carbocycles. The molecule has 0 spiro atoms. The summed E-state index contributed by atoms with van der Waals surface area (Å²) >= 11 is 2.11. The highest BCUT2D eigenvalue weighted by Crippen LogP contribution is 2.42. The number of nitrogens with one attached hydrogen (secondary N) is 1. The zero-order valence-corrected chi connectivity index (χ0v) is 19.3. The summed E-state index contributed by atoms with van der Waals surface area (Å²) in [5.74, 6) is -0.0786. The lowest BCUT2D eigenvalue weighted by molar-refractivity contribution is -0.109. The van der Waals surface area contributed by atoms with Crippen LogP contribution in [0, 0.1) is 15.3 Å². The Balaban J connectivity index is 1.68. The Morgan fingerprint density at radius 2 is 2.03 bits per heavy atom. The van der Waals surface area contributed by atoms with E-state index in [1.807, 2.05) is 13.8 Å². The Hall–Kier alpha value is -3.02. The smallest absolute Gasteiger partial charge is 0.183 e. The summed E-state index contributed by atoms with van der Waals surface area (Å²) < 4.78 is 30.5. The van der Waals surface area contributed by atoms with Crippen molar-refractivity contribution in [1.29, 1.82) is 0 Å². The highest BCUT2D eigenvalue weighted by atomic mass is 127. The fraction of sp³-hybridized carbons (Fsp3) is 0.227. The van der Waals surface area contributed by atoms with Crippen LogP contribution in [0.25, 0.3) is 22.6 Å². The van der Waals surface area contributed by atoms with Crippen molar-refractivity contribution in [3.8, 4) is 11.5 Å². The molecule has 1 unspecified atom stereocenters. The van der Waals surface area contributed by atoms with Crippen molar-refractivity contribution in [2.45, 2.75) is 31.8 Å². The van der Waals surface area contributed by atoms with Crippen molar-refractivity contribution < 1.29 is 13.6 Å². The van der Waals surface area contributed by atoms with E-state index in [9.17, 15) is 13.6 Å². The number of nitrogens with zero attached hydrogens (tertiary/aromatic N) is 5. The molecule has 7 nitrogen and oxygen atoms in total. The van der Waals surface area contributed by atoms with Gasteiger partial charge in [0.1, 0.15) is 33.1 Å². The van der Waals surface area contributed by atoms with E-state index in [2.05, 4.69) is 48.0 Å². The largest absolute Gasteiger partial charge is 0.359 e. The molecule has 0 radical (unpaired) electrons. The van der Waals surface area contributed by atoms with Gasteiger partial charge in [0.2, 0.25) is 0 Å². The third-order valence-corrected chi connectivity index (χ3v) is 6.54. The van der Waals surface area contributed by atoms with Gasteiger partial charge in [0.15, 0.2) is 11.5 Å². The second-order valence-electron chi connectivity index (χ2n) is 8.16. The molecule has 0 bridgehead atoms. The third-order valence-electron chi connectivity index (χ3n) is 5.76. The molecule has 1 atom stereocenters. The molecule has 32 heavy (non-hydrogen) atoms. The average molecular weight is 546 g/mol. The Kier molecular flexibility index (Phi) is 4.91. The Bertz CT molecular complexity index is 1390. The third kappa shape index (κ3) is 3.24. The van der Waals surface area contributed by atoms with Crippen LogP contribution in [0.1, 0.15) is 25.0 Å². The summed E-state index contributed by atoms with van der Waals surface area (Å²) in [6.07, 6.45) is 1.95. The molecule has 10 heteroatoms. The maximum absolute atomic E-state index is 14.2. The second kappa shape index (κ2) is 7.54. The van der Waals surface area contributed by atoms with Crippen molar-refractivity contribution in [2.75, 3.05) is 5.32 Å². The van der Waals surface area contributed by atoms with Gasteiger partial charge in [-0.3, -0.25) is 0 Å². The van der Waals surface area contributed by atoms with E-state index in [0.717, 1.165) is 18.0 Å². The standard InChI is InChI=1S/C22H17F2IN6O/c1-22(2)15(10-32)27-19-16(22)18(25)28-20(29-19)17-13-7-12(23)8-26-21(13)31(30-17)9-11-5-3-4-6-14(11)24/h3-8,10,15H,9H2,1-2H3,(H,27,28,29).